The van der Waals surface area contributed by atoms with Gasteiger partial charge in [0, 0.05) is 11.1 Å². The number of carboxylic acids is 1. The summed E-state index contributed by atoms with van der Waals surface area (Å²) in [6, 6.07) is 17.9. The van der Waals surface area contributed by atoms with E-state index in [1.165, 1.54) is 0 Å². The fourth-order valence-corrected chi connectivity index (χ4v) is 3.83. The zero-order valence-electron chi connectivity index (χ0n) is 20.5. The minimum atomic E-state index is -1.03. The minimum absolute atomic E-state index is 0.160. The smallest absolute Gasteiger partial charge is 0.478 e. The van der Waals surface area contributed by atoms with E-state index < -0.39 is 12.1 Å². The summed E-state index contributed by atoms with van der Waals surface area (Å²) in [6.45, 7) is 10.2. The Morgan fingerprint density at radius 3 is 2.26 bits per heavy atom. The normalized spacial score (nSPS) is 11.2. The topological polar surface area (TPSA) is 72.8 Å². The van der Waals surface area contributed by atoms with Gasteiger partial charge in [0.05, 0.1) is 5.56 Å². The van der Waals surface area contributed by atoms with Crippen molar-refractivity contribution in [3.8, 4) is 22.6 Å². The van der Waals surface area contributed by atoms with Crippen molar-refractivity contribution in [1.82, 2.24) is 0 Å². The van der Waals surface area contributed by atoms with Crippen molar-refractivity contribution in [3.63, 3.8) is 0 Å². The molecule has 0 aliphatic rings. The third kappa shape index (κ3) is 6.04. The maximum atomic E-state index is 12.7. The Morgan fingerprint density at radius 2 is 1.65 bits per heavy atom. The molecule has 5 nitrogen and oxygen atoms in total. The van der Waals surface area contributed by atoms with Crippen molar-refractivity contribution < 1.29 is 24.2 Å². The first-order chi connectivity index (χ1) is 16.1. The summed E-state index contributed by atoms with van der Waals surface area (Å²) in [5, 5.41) is 9.90. The quantitative estimate of drug-likeness (QED) is 0.291. The van der Waals surface area contributed by atoms with E-state index in [-0.39, 0.29) is 16.7 Å². The summed E-state index contributed by atoms with van der Waals surface area (Å²) in [7, 11) is 0. The van der Waals surface area contributed by atoms with Gasteiger partial charge in [-0.1, -0.05) is 70.5 Å². The number of carboxylic acid groups (broad SMARTS) is 1. The zero-order valence-corrected chi connectivity index (χ0v) is 20.5. The summed E-state index contributed by atoms with van der Waals surface area (Å²) in [5.74, 6) is -0.388. The maximum Gasteiger partial charge on any atom is 0.519 e. The first-order valence-corrected chi connectivity index (χ1v) is 11.6. The number of aromatic carboxylic acids is 1. The number of carbonyl (C=O) groups excluding carboxylic acids is 1. The van der Waals surface area contributed by atoms with Crippen LogP contribution in [0.25, 0.3) is 11.1 Å². The third-order valence-corrected chi connectivity index (χ3v) is 5.71. The standard InChI is InChI=1S/C29H32O5/c1-6-7-11-20-14-15-23(27(30)31)24(17-20)26-19(2)16-21(29(3,4)5)18-25(26)34-28(32)33-22-12-9-8-10-13-22/h8-10,12-18H,6-7,11H2,1-5H3,(H,30,31). The molecule has 1 N–H and O–H groups in total. The van der Waals surface area contributed by atoms with Crippen LogP contribution in [-0.2, 0) is 11.8 Å². The molecule has 0 aliphatic heterocycles. The van der Waals surface area contributed by atoms with E-state index in [0.29, 0.717) is 16.9 Å². The largest absolute Gasteiger partial charge is 0.519 e. The molecule has 0 aliphatic carbocycles. The van der Waals surface area contributed by atoms with Gasteiger partial charge < -0.3 is 14.6 Å². The Balaban J connectivity index is 2.14. The van der Waals surface area contributed by atoms with Crippen LogP contribution in [0.2, 0.25) is 0 Å². The van der Waals surface area contributed by atoms with E-state index in [9.17, 15) is 14.7 Å². The van der Waals surface area contributed by atoms with E-state index >= 15 is 0 Å². The van der Waals surface area contributed by atoms with Crippen molar-refractivity contribution in [2.45, 2.75) is 59.3 Å². The molecule has 178 valence electrons. The second-order valence-corrected chi connectivity index (χ2v) is 9.47. The highest BCUT2D eigenvalue weighted by Crippen LogP contribution is 2.40. The summed E-state index contributed by atoms with van der Waals surface area (Å²) >= 11 is 0. The Bertz CT molecular complexity index is 1170. The second kappa shape index (κ2) is 10.6. The van der Waals surface area contributed by atoms with Crippen LogP contribution in [0.4, 0.5) is 4.79 Å². The number of benzene rings is 3. The lowest BCUT2D eigenvalue weighted by molar-refractivity contribution is 0.0697. The highest BCUT2D eigenvalue weighted by molar-refractivity contribution is 5.98. The van der Waals surface area contributed by atoms with Crippen LogP contribution in [0.1, 0.15) is 67.6 Å². The molecule has 0 amide bonds. The van der Waals surface area contributed by atoms with Gasteiger partial charge in [-0.2, -0.15) is 0 Å². The van der Waals surface area contributed by atoms with E-state index in [0.717, 1.165) is 36.0 Å². The van der Waals surface area contributed by atoms with E-state index in [2.05, 4.69) is 27.7 Å². The molecule has 0 bridgehead atoms. The maximum absolute atomic E-state index is 12.7. The molecule has 0 spiro atoms. The summed E-state index contributed by atoms with van der Waals surface area (Å²) < 4.78 is 11.1. The van der Waals surface area contributed by atoms with Crippen LogP contribution < -0.4 is 9.47 Å². The summed E-state index contributed by atoms with van der Waals surface area (Å²) in [4.78, 5) is 24.8. The molecule has 5 heteroatoms. The highest BCUT2D eigenvalue weighted by atomic mass is 16.7. The highest BCUT2D eigenvalue weighted by Gasteiger charge is 2.24. The molecule has 0 heterocycles. The van der Waals surface area contributed by atoms with Crippen molar-refractivity contribution in [2.24, 2.45) is 0 Å². The molecule has 0 fully saturated rings. The lowest BCUT2D eigenvalue weighted by Crippen LogP contribution is -2.17. The van der Waals surface area contributed by atoms with Gasteiger partial charge in [0.1, 0.15) is 11.5 Å². The zero-order chi connectivity index (χ0) is 24.9. The van der Waals surface area contributed by atoms with Gasteiger partial charge in [0.15, 0.2) is 0 Å². The number of hydrogen-bond donors (Lipinski definition) is 1. The van der Waals surface area contributed by atoms with Gasteiger partial charge in [0.25, 0.3) is 0 Å². The first kappa shape index (κ1) is 25.0. The number of rotatable bonds is 7. The van der Waals surface area contributed by atoms with Gasteiger partial charge in [-0.3, -0.25) is 0 Å². The SMILES string of the molecule is CCCCc1ccc(C(=O)O)c(-c2c(C)cc(C(C)(C)C)cc2OC(=O)Oc2ccccc2)c1. The minimum Gasteiger partial charge on any atom is -0.478 e. The van der Waals surface area contributed by atoms with E-state index in [1.807, 2.05) is 31.2 Å². The van der Waals surface area contributed by atoms with Gasteiger partial charge in [-0.15, -0.1) is 0 Å². The van der Waals surface area contributed by atoms with Gasteiger partial charge in [-0.25, -0.2) is 9.59 Å². The van der Waals surface area contributed by atoms with E-state index in [4.69, 9.17) is 9.47 Å². The van der Waals surface area contributed by atoms with Crippen molar-refractivity contribution in [2.75, 3.05) is 0 Å². The van der Waals surface area contributed by atoms with Crippen molar-refractivity contribution in [3.05, 3.63) is 82.9 Å². The molecular weight excluding hydrogens is 428 g/mol. The van der Waals surface area contributed by atoms with Gasteiger partial charge in [-0.05, 0) is 66.1 Å². The monoisotopic (exact) mass is 460 g/mol. The van der Waals surface area contributed by atoms with Crippen LogP contribution in [0.5, 0.6) is 11.5 Å². The van der Waals surface area contributed by atoms with Gasteiger partial charge >= 0.3 is 12.1 Å². The second-order valence-electron chi connectivity index (χ2n) is 9.47. The molecule has 0 radical (unpaired) electrons. The molecule has 3 aromatic rings. The molecule has 3 rings (SSSR count). The predicted octanol–water partition coefficient (Wildman–Crippen LogP) is 7.58. The average Bonchev–Trinajstić information content (AvgIpc) is 2.77. The lowest BCUT2D eigenvalue weighted by atomic mass is 9.83. The van der Waals surface area contributed by atoms with E-state index in [1.54, 1.807) is 36.4 Å². The Hall–Kier alpha value is -3.60. The van der Waals surface area contributed by atoms with Crippen LogP contribution in [-0.4, -0.2) is 17.2 Å². The number of hydrogen-bond acceptors (Lipinski definition) is 4. The van der Waals surface area contributed by atoms with Crippen molar-refractivity contribution >= 4 is 12.1 Å². The molecule has 3 aromatic carbocycles. The molecule has 0 saturated heterocycles. The fourth-order valence-electron chi connectivity index (χ4n) is 3.83. The Morgan fingerprint density at radius 1 is 0.941 bits per heavy atom. The summed E-state index contributed by atoms with van der Waals surface area (Å²) in [5.41, 5.74) is 3.89. The molecule has 0 atom stereocenters. The predicted molar refractivity (Wildman–Crippen MR) is 134 cm³/mol. The average molecular weight is 461 g/mol. The Kier molecular flexibility index (Phi) is 7.77. The number of aryl methyl sites for hydroxylation is 2. The molecule has 0 saturated carbocycles. The number of carbonyl (C=O) groups is 2. The number of unbranched alkanes of at least 4 members (excludes halogenated alkanes) is 1. The number of ether oxygens (including phenoxy) is 2. The third-order valence-electron chi connectivity index (χ3n) is 5.71. The van der Waals surface area contributed by atoms with Crippen LogP contribution >= 0.6 is 0 Å². The van der Waals surface area contributed by atoms with Crippen LogP contribution in [0, 0.1) is 6.92 Å². The fraction of sp³-hybridized carbons (Fsp3) is 0.310. The first-order valence-electron chi connectivity index (χ1n) is 11.6. The van der Waals surface area contributed by atoms with Crippen LogP contribution in [0.15, 0.2) is 60.7 Å². The van der Waals surface area contributed by atoms with Crippen LogP contribution in [0.3, 0.4) is 0 Å². The lowest BCUT2D eigenvalue weighted by Gasteiger charge is -2.23. The molecule has 0 aromatic heterocycles. The number of para-hydroxylation sites is 1. The summed E-state index contributed by atoms with van der Waals surface area (Å²) in [6.07, 6.45) is 2.00. The molecule has 34 heavy (non-hydrogen) atoms. The molecule has 0 unspecified atom stereocenters. The molecular formula is C29H32O5. The Labute approximate surface area is 201 Å². The van der Waals surface area contributed by atoms with Gasteiger partial charge in [0.2, 0.25) is 0 Å². The van der Waals surface area contributed by atoms with Crippen molar-refractivity contribution in [1.29, 1.82) is 0 Å².